The Morgan fingerprint density at radius 3 is 2.03 bits per heavy atom. The predicted molar refractivity (Wildman–Crippen MR) is 143 cm³/mol. The number of aromatic nitrogens is 1. The Bertz CT molecular complexity index is 982. The molecule has 0 spiro atoms. The van der Waals surface area contributed by atoms with E-state index in [1.165, 1.54) is 11.3 Å². The molecule has 0 amide bonds. The van der Waals surface area contributed by atoms with Gasteiger partial charge in [-0.15, -0.1) is 11.3 Å². The number of para-hydroxylation sites is 2. The second kappa shape index (κ2) is 17.8. The number of halogens is 1. The highest BCUT2D eigenvalue weighted by molar-refractivity contribution is 9.09. The molecule has 3 aromatic rings. The Kier molecular flexibility index (Phi) is 16.3. The van der Waals surface area contributed by atoms with Gasteiger partial charge in [0.1, 0.15) is 11.5 Å². The number of methoxy groups -OCH3 is 2. The highest BCUT2D eigenvalue weighted by Crippen LogP contribution is 2.30. The van der Waals surface area contributed by atoms with E-state index in [9.17, 15) is 4.79 Å². The number of nitrogen functional groups attached to an aromatic ring is 1. The van der Waals surface area contributed by atoms with Crippen LogP contribution in [0.5, 0.6) is 11.5 Å². The van der Waals surface area contributed by atoms with Crippen molar-refractivity contribution in [3.8, 4) is 22.8 Å². The number of thiazole rings is 1. The van der Waals surface area contributed by atoms with Crippen LogP contribution < -0.4 is 26.7 Å². The summed E-state index contributed by atoms with van der Waals surface area (Å²) in [6.07, 6.45) is 0. The van der Waals surface area contributed by atoms with E-state index in [1.54, 1.807) is 33.3 Å². The number of ketones is 1. The molecule has 0 saturated carbocycles. The highest BCUT2D eigenvalue weighted by Gasteiger charge is 2.09. The molecular formula is C22H29BrN4O4S2. The largest absolute Gasteiger partial charge is 0.496 e. The zero-order chi connectivity index (χ0) is 25.2. The van der Waals surface area contributed by atoms with Crippen LogP contribution in [0.2, 0.25) is 0 Å². The fourth-order valence-electron chi connectivity index (χ4n) is 2.21. The van der Waals surface area contributed by atoms with Crippen LogP contribution in [-0.4, -0.2) is 47.1 Å². The molecular weight excluding hydrogens is 528 g/mol. The third-order valence-corrected chi connectivity index (χ3v) is 4.62. The number of aliphatic hydroxyl groups is 1. The fourth-order valence-corrected chi connectivity index (χ4v) is 3.08. The first-order chi connectivity index (χ1) is 15.7. The SMILES string of the molecule is CCO.COc1ccccc1-c1csc(N)n1.COc1ccccc1C(=O)CBr.NC(N)=S. The molecule has 7 N–H and O–H groups in total. The van der Waals surface area contributed by atoms with Crippen molar-refractivity contribution in [3.05, 3.63) is 59.5 Å². The lowest BCUT2D eigenvalue weighted by Gasteiger charge is -2.04. The van der Waals surface area contributed by atoms with Crippen molar-refractivity contribution in [2.24, 2.45) is 11.5 Å². The summed E-state index contributed by atoms with van der Waals surface area (Å²) in [5.74, 6) is 1.48. The number of ether oxygens (including phenoxy) is 2. The van der Waals surface area contributed by atoms with E-state index in [4.69, 9.17) is 20.3 Å². The average Bonchev–Trinajstić information content (AvgIpc) is 3.25. The third-order valence-electron chi connectivity index (χ3n) is 3.43. The van der Waals surface area contributed by atoms with Crippen LogP contribution in [0.3, 0.4) is 0 Å². The van der Waals surface area contributed by atoms with Crippen LogP contribution in [0.4, 0.5) is 5.13 Å². The van der Waals surface area contributed by atoms with Crippen LogP contribution in [0.15, 0.2) is 53.9 Å². The summed E-state index contributed by atoms with van der Waals surface area (Å²) < 4.78 is 10.3. The van der Waals surface area contributed by atoms with E-state index < -0.39 is 0 Å². The number of aliphatic hydroxyl groups excluding tert-OH is 1. The maximum Gasteiger partial charge on any atom is 0.180 e. The summed E-state index contributed by atoms with van der Waals surface area (Å²) in [6, 6.07) is 14.9. The lowest BCUT2D eigenvalue weighted by Crippen LogP contribution is -2.18. The molecule has 11 heteroatoms. The predicted octanol–water partition coefficient (Wildman–Crippen LogP) is 3.86. The normalized spacial score (nSPS) is 9.00. The zero-order valence-electron chi connectivity index (χ0n) is 18.7. The second-order valence-electron chi connectivity index (χ2n) is 5.75. The Hall–Kier alpha value is -2.73. The number of thiocarbonyl (C=S) groups is 1. The van der Waals surface area contributed by atoms with Crippen molar-refractivity contribution in [3.63, 3.8) is 0 Å². The minimum absolute atomic E-state index is 0.000000000000000222. The summed E-state index contributed by atoms with van der Waals surface area (Å²) in [6.45, 7) is 1.93. The van der Waals surface area contributed by atoms with Gasteiger partial charge in [-0.05, 0) is 43.4 Å². The number of Topliss-reactive ketones (excluding diaryl/α,β-unsaturated/α-hetero) is 1. The number of hydrogen-bond acceptors (Lipinski definition) is 8. The first-order valence-corrected chi connectivity index (χ1v) is 11.9. The summed E-state index contributed by atoms with van der Waals surface area (Å²) in [7, 11) is 3.20. The van der Waals surface area contributed by atoms with E-state index in [1.807, 2.05) is 41.8 Å². The number of benzene rings is 2. The van der Waals surface area contributed by atoms with Gasteiger partial charge in [0.2, 0.25) is 0 Å². The standard InChI is InChI=1S/C10H10N2OS.C9H9BrO2.C2H6O.CH4N2S/c1-13-9-5-3-2-4-7(9)8-6-14-10(11)12-8;1-12-9-5-3-2-4-7(9)8(11)6-10;1-2-3;2-1(3)4/h2-6H,1H3,(H2,11,12);2-5H,6H2,1H3;3H,2H2,1H3;(H4,2,3,4). The van der Waals surface area contributed by atoms with Gasteiger partial charge in [0.05, 0.1) is 30.8 Å². The lowest BCUT2D eigenvalue weighted by atomic mass is 10.1. The highest BCUT2D eigenvalue weighted by atomic mass is 79.9. The molecule has 8 nitrogen and oxygen atoms in total. The Morgan fingerprint density at radius 2 is 1.58 bits per heavy atom. The monoisotopic (exact) mass is 556 g/mol. The van der Waals surface area contributed by atoms with Crippen LogP contribution >= 0.6 is 39.5 Å². The van der Waals surface area contributed by atoms with Crippen molar-refractivity contribution in [2.45, 2.75) is 6.92 Å². The molecule has 0 saturated heterocycles. The van der Waals surface area contributed by atoms with E-state index >= 15 is 0 Å². The molecule has 0 unspecified atom stereocenters. The topological polar surface area (TPSA) is 147 Å². The number of carbonyl (C=O) groups excluding carboxylic acids is 1. The molecule has 0 radical (unpaired) electrons. The number of alkyl halides is 1. The van der Waals surface area contributed by atoms with Gasteiger partial charge in [-0.1, -0.05) is 40.2 Å². The molecule has 0 aliphatic rings. The van der Waals surface area contributed by atoms with Crippen molar-refractivity contribution < 1.29 is 19.4 Å². The number of anilines is 1. The van der Waals surface area contributed by atoms with Crippen LogP contribution in [-0.2, 0) is 0 Å². The van der Waals surface area contributed by atoms with E-state index in [2.05, 4.69) is 44.6 Å². The fraction of sp³-hybridized carbons (Fsp3) is 0.227. The molecule has 3 rings (SSSR count). The van der Waals surface area contributed by atoms with Crippen molar-refractivity contribution in [1.82, 2.24) is 4.98 Å². The second-order valence-corrected chi connectivity index (χ2v) is 7.67. The van der Waals surface area contributed by atoms with Crippen LogP contribution in [0.25, 0.3) is 11.3 Å². The Morgan fingerprint density at radius 1 is 1.09 bits per heavy atom. The van der Waals surface area contributed by atoms with E-state index in [0.717, 1.165) is 17.0 Å². The van der Waals surface area contributed by atoms with Crippen molar-refractivity contribution >= 4 is 55.5 Å². The molecule has 0 fully saturated rings. The van der Waals surface area contributed by atoms with Crippen molar-refractivity contribution in [1.29, 1.82) is 0 Å². The van der Waals surface area contributed by atoms with Crippen LogP contribution in [0.1, 0.15) is 17.3 Å². The maximum absolute atomic E-state index is 11.3. The van der Waals surface area contributed by atoms with Gasteiger partial charge in [-0.25, -0.2) is 4.98 Å². The third kappa shape index (κ3) is 12.2. The lowest BCUT2D eigenvalue weighted by molar-refractivity contribution is 0.102. The molecule has 0 aliphatic carbocycles. The first-order valence-electron chi connectivity index (χ1n) is 9.47. The van der Waals surface area contributed by atoms with Gasteiger partial charge >= 0.3 is 0 Å². The number of rotatable bonds is 5. The molecule has 0 aliphatic heterocycles. The summed E-state index contributed by atoms with van der Waals surface area (Å²) in [5.41, 5.74) is 17.3. The Labute approximate surface area is 211 Å². The van der Waals surface area contributed by atoms with Gasteiger partial charge in [0, 0.05) is 17.6 Å². The van der Waals surface area contributed by atoms with Gasteiger partial charge < -0.3 is 31.8 Å². The summed E-state index contributed by atoms with van der Waals surface area (Å²) in [4.78, 5) is 15.5. The van der Waals surface area contributed by atoms with E-state index in [0.29, 0.717) is 21.8 Å². The van der Waals surface area contributed by atoms with Gasteiger partial charge in [-0.3, -0.25) is 4.79 Å². The van der Waals surface area contributed by atoms with Crippen molar-refractivity contribution in [2.75, 3.05) is 31.9 Å². The minimum atomic E-state index is 0.000000000000000222. The van der Waals surface area contributed by atoms with Gasteiger partial charge in [0.25, 0.3) is 0 Å². The molecule has 0 atom stereocenters. The number of nitrogens with two attached hydrogens (primary N) is 3. The first kappa shape index (κ1) is 30.3. The molecule has 180 valence electrons. The van der Waals surface area contributed by atoms with E-state index in [-0.39, 0.29) is 17.5 Å². The molecule has 2 aromatic carbocycles. The zero-order valence-corrected chi connectivity index (χ0v) is 21.9. The number of hydrogen-bond donors (Lipinski definition) is 4. The van der Waals surface area contributed by atoms with Gasteiger partial charge in [-0.2, -0.15) is 0 Å². The molecule has 1 heterocycles. The minimum Gasteiger partial charge on any atom is -0.496 e. The maximum atomic E-state index is 11.3. The molecule has 1 aromatic heterocycles. The van der Waals surface area contributed by atoms with Crippen LogP contribution in [0, 0.1) is 0 Å². The Balaban J connectivity index is 0.000000490. The summed E-state index contributed by atoms with van der Waals surface area (Å²) >= 11 is 8.63. The number of nitrogens with zero attached hydrogens (tertiary/aromatic N) is 1. The summed E-state index contributed by atoms with van der Waals surface area (Å²) in [5, 5.41) is 10.4. The smallest absolute Gasteiger partial charge is 0.180 e. The van der Waals surface area contributed by atoms with Gasteiger partial charge in [0.15, 0.2) is 16.0 Å². The quantitative estimate of drug-likeness (QED) is 0.209. The molecule has 0 bridgehead atoms. The average molecular weight is 558 g/mol. The molecule has 33 heavy (non-hydrogen) atoms. The number of carbonyl (C=O) groups is 1.